The standard InChI is InChI=1S/C16H13ClN2O/c1-10-9-11(18)4-6-14(10)20-15-7-5-13(17)12-3-2-8-19-16(12)15/h2-9H,18H2,1H3. The molecule has 0 atom stereocenters. The molecule has 0 saturated heterocycles. The Bertz CT molecular complexity index is 787. The average molecular weight is 285 g/mol. The van der Waals surface area contributed by atoms with Gasteiger partial charge in [-0.2, -0.15) is 0 Å². The van der Waals surface area contributed by atoms with Gasteiger partial charge in [0.15, 0.2) is 5.75 Å². The van der Waals surface area contributed by atoms with Gasteiger partial charge in [0.25, 0.3) is 0 Å². The van der Waals surface area contributed by atoms with E-state index < -0.39 is 0 Å². The monoisotopic (exact) mass is 284 g/mol. The van der Waals surface area contributed by atoms with Gasteiger partial charge >= 0.3 is 0 Å². The Kier molecular flexibility index (Phi) is 3.20. The fraction of sp³-hybridized carbons (Fsp3) is 0.0625. The van der Waals surface area contributed by atoms with Crippen LogP contribution in [0.3, 0.4) is 0 Å². The summed E-state index contributed by atoms with van der Waals surface area (Å²) in [6, 6.07) is 13.0. The molecule has 0 saturated carbocycles. The summed E-state index contributed by atoms with van der Waals surface area (Å²) < 4.78 is 5.96. The maximum absolute atomic E-state index is 6.17. The number of ether oxygens (including phenoxy) is 1. The summed E-state index contributed by atoms with van der Waals surface area (Å²) in [4.78, 5) is 4.35. The molecule has 100 valence electrons. The molecule has 0 aliphatic heterocycles. The van der Waals surface area contributed by atoms with Gasteiger partial charge in [0, 0.05) is 17.3 Å². The fourth-order valence-corrected chi connectivity index (χ4v) is 2.32. The summed E-state index contributed by atoms with van der Waals surface area (Å²) in [7, 11) is 0. The second-order valence-electron chi connectivity index (χ2n) is 4.57. The van der Waals surface area contributed by atoms with E-state index in [1.54, 1.807) is 6.20 Å². The van der Waals surface area contributed by atoms with Crippen LogP contribution in [0.4, 0.5) is 5.69 Å². The molecule has 3 nitrogen and oxygen atoms in total. The number of anilines is 1. The molecule has 0 amide bonds. The normalized spacial score (nSPS) is 10.7. The first-order valence-corrected chi connectivity index (χ1v) is 6.60. The van der Waals surface area contributed by atoms with Gasteiger partial charge in [-0.05, 0) is 55.0 Å². The summed E-state index contributed by atoms with van der Waals surface area (Å²) in [5, 5.41) is 1.54. The lowest BCUT2D eigenvalue weighted by molar-refractivity contribution is 0.483. The average Bonchev–Trinajstić information content (AvgIpc) is 2.45. The molecule has 0 aliphatic rings. The molecule has 0 spiro atoms. The zero-order valence-electron chi connectivity index (χ0n) is 10.9. The van der Waals surface area contributed by atoms with Crippen LogP contribution in [0.15, 0.2) is 48.7 Å². The van der Waals surface area contributed by atoms with Gasteiger partial charge in [0.2, 0.25) is 0 Å². The lowest BCUT2D eigenvalue weighted by Gasteiger charge is -2.11. The first-order valence-electron chi connectivity index (χ1n) is 6.22. The molecule has 3 aromatic rings. The van der Waals surface area contributed by atoms with Gasteiger partial charge in [0.05, 0.1) is 5.02 Å². The van der Waals surface area contributed by atoms with Gasteiger partial charge in [-0.3, -0.25) is 4.98 Å². The number of nitrogens with zero attached hydrogens (tertiary/aromatic N) is 1. The van der Waals surface area contributed by atoms with Gasteiger partial charge in [0.1, 0.15) is 11.3 Å². The summed E-state index contributed by atoms with van der Waals surface area (Å²) in [5.41, 5.74) is 8.19. The van der Waals surface area contributed by atoms with Gasteiger partial charge < -0.3 is 10.5 Å². The largest absolute Gasteiger partial charge is 0.455 e. The Labute approximate surface area is 122 Å². The highest BCUT2D eigenvalue weighted by atomic mass is 35.5. The van der Waals surface area contributed by atoms with Gasteiger partial charge in [-0.15, -0.1) is 0 Å². The van der Waals surface area contributed by atoms with E-state index in [9.17, 15) is 0 Å². The molecule has 1 aromatic heterocycles. The van der Waals surface area contributed by atoms with Crippen molar-refractivity contribution in [3.8, 4) is 11.5 Å². The summed E-state index contributed by atoms with van der Waals surface area (Å²) in [6.45, 7) is 1.96. The van der Waals surface area contributed by atoms with Crippen molar-refractivity contribution in [2.24, 2.45) is 0 Å². The van der Waals surface area contributed by atoms with Crippen LogP contribution >= 0.6 is 11.6 Å². The summed E-state index contributed by atoms with van der Waals surface area (Å²) >= 11 is 6.17. The molecule has 0 bridgehead atoms. The van der Waals surface area contributed by atoms with Crippen molar-refractivity contribution < 1.29 is 4.74 Å². The molecule has 2 N–H and O–H groups in total. The first kappa shape index (κ1) is 12.8. The van der Waals surface area contributed by atoms with Crippen LogP contribution < -0.4 is 10.5 Å². The van der Waals surface area contributed by atoms with Crippen LogP contribution in [0.1, 0.15) is 5.56 Å². The van der Waals surface area contributed by atoms with Crippen molar-refractivity contribution in [3.63, 3.8) is 0 Å². The zero-order valence-corrected chi connectivity index (χ0v) is 11.7. The van der Waals surface area contributed by atoms with Crippen molar-refractivity contribution >= 4 is 28.2 Å². The maximum atomic E-state index is 6.17. The minimum atomic E-state index is 0.662. The smallest absolute Gasteiger partial charge is 0.153 e. The van der Waals surface area contributed by atoms with Crippen LogP contribution in [-0.4, -0.2) is 4.98 Å². The highest BCUT2D eigenvalue weighted by molar-refractivity contribution is 6.35. The number of nitrogen functional groups attached to an aromatic ring is 1. The van der Waals surface area contributed by atoms with E-state index in [1.165, 1.54) is 0 Å². The predicted molar refractivity (Wildman–Crippen MR) is 82.4 cm³/mol. The number of hydrogen-bond acceptors (Lipinski definition) is 3. The number of nitrogens with two attached hydrogens (primary N) is 1. The van der Waals surface area contributed by atoms with Crippen molar-refractivity contribution in [1.82, 2.24) is 4.98 Å². The minimum absolute atomic E-state index is 0.662. The van der Waals surface area contributed by atoms with Crippen LogP contribution in [0.5, 0.6) is 11.5 Å². The number of aryl methyl sites for hydroxylation is 1. The van der Waals surface area contributed by atoms with Crippen molar-refractivity contribution in [2.75, 3.05) is 5.73 Å². The van der Waals surface area contributed by atoms with E-state index in [2.05, 4.69) is 4.98 Å². The predicted octanol–water partition coefficient (Wildman–Crippen LogP) is 4.57. The molecule has 4 heteroatoms. The lowest BCUT2D eigenvalue weighted by Crippen LogP contribution is -1.92. The maximum Gasteiger partial charge on any atom is 0.153 e. The Hall–Kier alpha value is -2.26. The second kappa shape index (κ2) is 5.02. The number of rotatable bonds is 2. The van der Waals surface area contributed by atoms with Crippen LogP contribution in [0, 0.1) is 6.92 Å². The number of fused-ring (bicyclic) bond motifs is 1. The highest BCUT2D eigenvalue weighted by Gasteiger charge is 2.09. The van der Waals surface area contributed by atoms with Crippen molar-refractivity contribution in [2.45, 2.75) is 6.92 Å². The molecule has 20 heavy (non-hydrogen) atoms. The van der Waals surface area contributed by atoms with Crippen LogP contribution in [0.25, 0.3) is 10.9 Å². The highest BCUT2D eigenvalue weighted by Crippen LogP contribution is 2.34. The Morgan fingerprint density at radius 2 is 1.90 bits per heavy atom. The van der Waals surface area contributed by atoms with Crippen molar-refractivity contribution in [3.05, 3.63) is 59.2 Å². The quantitative estimate of drug-likeness (QED) is 0.701. The molecule has 3 rings (SSSR count). The molecule has 0 unspecified atom stereocenters. The molecule has 1 heterocycles. The third-order valence-electron chi connectivity index (χ3n) is 3.10. The Morgan fingerprint density at radius 3 is 2.70 bits per heavy atom. The number of halogens is 1. The third-order valence-corrected chi connectivity index (χ3v) is 3.43. The minimum Gasteiger partial charge on any atom is -0.455 e. The number of benzene rings is 2. The molecule has 2 aromatic carbocycles. The van der Waals surface area contributed by atoms with Crippen molar-refractivity contribution in [1.29, 1.82) is 0 Å². The molecular formula is C16H13ClN2O. The molecular weight excluding hydrogens is 272 g/mol. The van der Waals surface area contributed by atoms with E-state index in [0.29, 0.717) is 16.5 Å². The number of pyridine rings is 1. The summed E-state index contributed by atoms with van der Waals surface area (Å²) in [5.74, 6) is 1.44. The fourth-order valence-electron chi connectivity index (χ4n) is 2.10. The second-order valence-corrected chi connectivity index (χ2v) is 4.98. The molecule has 0 fully saturated rings. The van der Waals surface area contributed by atoms with E-state index in [0.717, 1.165) is 22.2 Å². The van der Waals surface area contributed by atoms with Crippen LogP contribution in [0.2, 0.25) is 5.02 Å². The van der Waals surface area contributed by atoms with Crippen LogP contribution in [-0.2, 0) is 0 Å². The third kappa shape index (κ3) is 2.28. The SMILES string of the molecule is Cc1cc(N)ccc1Oc1ccc(Cl)c2cccnc12. The zero-order chi connectivity index (χ0) is 14.1. The Balaban J connectivity index is 2.09. The first-order chi connectivity index (χ1) is 9.65. The Morgan fingerprint density at radius 1 is 1.10 bits per heavy atom. The number of aromatic nitrogens is 1. The van der Waals surface area contributed by atoms with E-state index in [1.807, 2.05) is 49.4 Å². The van der Waals surface area contributed by atoms with E-state index in [4.69, 9.17) is 22.1 Å². The number of hydrogen-bond donors (Lipinski definition) is 1. The molecule has 0 radical (unpaired) electrons. The molecule has 0 aliphatic carbocycles. The topological polar surface area (TPSA) is 48.1 Å². The van der Waals surface area contributed by atoms with E-state index in [-0.39, 0.29) is 0 Å². The van der Waals surface area contributed by atoms with Gasteiger partial charge in [-0.25, -0.2) is 0 Å². The van der Waals surface area contributed by atoms with Gasteiger partial charge in [-0.1, -0.05) is 11.6 Å². The summed E-state index contributed by atoms with van der Waals surface area (Å²) in [6.07, 6.45) is 1.72. The van der Waals surface area contributed by atoms with E-state index >= 15 is 0 Å². The lowest BCUT2D eigenvalue weighted by atomic mass is 10.2.